The Kier molecular flexibility index (Phi) is 4.88. The molecule has 0 radical (unpaired) electrons. The fraction of sp³-hybridized carbons (Fsp3) is 0.533. The maximum Gasteiger partial charge on any atom is 0.232 e. The molecule has 1 N–H and O–H groups in total. The number of amides is 1. The van der Waals surface area contributed by atoms with Gasteiger partial charge in [-0.1, -0.05) is 13.8 Å². The topological polar surface area (TPSA) is 66.5 Å². The third-order valence-corrected chi connectivity index (χ3v) is 4.98. The first-order chi connectivity index (χ1) is 9.87. The van der Waals surface area contributed by atoms with Gasteiger partial charge in [0.2, 0.25) is 15.9 Å². The number of hydrogen-bond donors (Lipinski definition) is 1. The Morgan fingerprint density at radius 3 is 2.43 bits per heavy atom. The molecule has 2 rings (SSSR count). The number of anilines is 2. The predicted molar refractivity (Wildman–Crippen MR) is 84.9 cm³/mol. The molecule has 6 heteroatoms. The largest absolute Gasteiger partial charge is 0.312 e. The highest BCUT2D eigenvalue weighted by molar-refractivity contribution is 7.92. The van der Waals surface area contributed by atoms with Gasteiger partial charge in [-0.25, -0.2) is 8.42 Å². The van der Waals surface area contributed by atoms with E-state index in [1.807, 2.05) is 13.8 Å². The Morgan fingerprint density at radius 1 is 1.19 bits per heavy atom. The summed E-state index contributed by atoms with van der Waals surface area (Å²) in [6.07, 6.45) is 2.54. The molecule has 21 heavy (non-hydrogen) atoms. The van der Waals surface area contributed by atoms with Crippen LogP contribution in [-0.4, -0.2) is 26.6 Å². The average Bonchev–Trinajstić information content (AvgIpc) is 2.38. The Labute approximate surface area is 126 Å². The van der Waals surface area contributed by atoms with E-state index in [9.17, 15) is 13.2 Å². The number of rotatable bonds is 5. The van der Waals surface area contributed by atoms with Crippen LogP contribution in [0.2, 0.25) is 0 Å². The number of hydrogen-bond acceptors (Lipinski definition) is 3. The molecule has 1 heterocycles. The first kappa shape index (κ1) is 15.8. The zero-order valence-electron chi connectivity index (χ0n) is 12.5. The predicted octanol–water partition coefficient (Wildman–Crippen LogP) is 2.60. The van der Waals surface area contributed by atoms with Crippen LogP contribution in [0.4, 0.5) is 11.4 Å². The molecular formula is C15H22N2O3S. The quantitative estimate of drug-likeness (QED) is 0.909. The van der Waals surface area contributed by atoms with Crippen molar-refractivity contribution in [2.45, 2.75) is 33.1 Å². The van der Waals surface area contributed by atoms with E-state index in [0.717, 1.165) is 25.1 Å². The lowest BCUT2D eigenvalue weighted by Gasteiger charge is -2.26. The van der Waals surface area contributed by atoms with Gasteiger partial charge in [0, 0.05) is 24.3 Å². The van der Waals surface area contributed by atoms with Crippen molar-refractivity contribution >= 4 is 27.3 Å². The molecule has 0 saturated carbocycles. The van der Waals surface area contributed by atoms with Crippen molar-refractivity contribution < 1.29 is 13.2 Å². The highest BCUT2D eigenvalue weighted by Gasteiger charge is 2.19. The fourth-order valence-electron chi connectivity index (χ4n) is 2.45. The van der Waals surface area contributed by atoms with Crippen LogP contribution in [0.3, 0.4) is 0 Å². The minimum atomic E-state index is -3.31. The molecule has 0 aliphatic carbocycles. The van der Waals surface area contributed by atoms with Gasteiger partial charge in [-0.3, -0.25) is 9.52 Å². The van der Waals surface area contributed by atoms with Gasteiger partial charge in [0.05, 0.1) is 5.75 Å². The number of sulfonamides is 1. The van der Waals surface area contributed by atoms with Crippen molar-refractivity contribution in [2.24, 2.45) is 5.92 Å². The third kappa shape index (κ3) is 4.46. The number of piperidine rings is 1. The van der Waals surface area contributed by atoms with Crippen LogP contribution in [0.25, 0.3) is 0 Å². The number of nitrogens with zero attached hydrogens (tertiary/aromatic N) is 1. The van der Waals surface area contributed by atoms with Crippen molar-refractivity contribution in [3.63, 3.8) is 0 Å². The lowest BCUT2D eigenvalue weighted by atomic mass is 10.1. The smallest absolute Gasteiger partial charge is 0.232 e. The molecule has 0 atom stereocenters. The molecule has 1 saturated heterocycles. The van der Waals surface area contributed by atoms with Crippen LogP contribution in [0, 0.1) is 5.92 Å². The minimum absolute atomic E-state index is 0.0766. The normalized spacial score (nSPS) is 16.3. The van der Waals surface area contributed by atoms with Gasteiger partial charge in [0.25, 0.3) is 0 Å². The van der Waals surface area contributed by atoms with Gasteiger partial charge in [0.15, 0.2) is 0 Å². The Bertz CT molecular complexity index is 594. The number of carbonyl (C=O) groups excluding carboxylic acids is 1. The van der Waals surface area contributed by atoms with E-state index in [4.69, 9.17) is 0 Å². The molecule has 0 aromatic heterocycles. The van der Waals surface area contributed by atoms with E-state index in [2.05, 4.69) is 4.72 Å². The van der Waals surface area contributed by atoms with Crippen LogP contribution in [0.15, 0.2) is 24.3 Å². The molecular weight excluding hydrogens is 288 g/mol. The summed E-state index contributed by atoms with van der Waals surface area (Å²) in [5.41, 5.74) is 1.36. The summed E-state index contributed by atoms with van der Waals surface area (Å²) >= 11 is 0. The lowest BCUT2D eigenvalue weighted by molar-refractivity contribution is -0.119. The van der Waals surface area contributed by atoms with Crippen molar-refractivity contribution in [3.05, 3.63) is 24.3 Å². The van der Waals surface area contributed by atoms with Gasteiger partial charge < -0.3 is 4.90 Å². The van der Waals surface area contributed by atoms with Gasteiger partial charge in [-0.15, -0.1) is 0 Å². The van der Waals surface area contributed by atoms with E-state index >= 15 is 0 Å². The average molecular weight is 310 g/mol. The van der Waals surface area contributed by atoms with Crippen molar-refractivity contribution in [2.75, 3.05) is 21.9 Å². The molecule has 0 bridgehead atoms. The van der Waals surface area contributed by atoms with Gasteiger partial charge in [0.1, 0.15) is 0 Å². The molecule has 116 valence electrons. The molecule has 1 fully saturated rings. The van der Waals surface area contributed by atoms with Crippen molar-refractivity contribution in [3.8, 4) is 0 Å². The Hall–Kier alpha value is -1.56. The van der Waals surface area contributed by atoms with E-state index < -0.39 is 10.0 Å². The zero-order chi connectivity index (χ0) is 15.5. The number of carbonyl (C=O) groups is 1. The molecule has 0 spiro atoms. The first-order valence-corrected chi connectivity index (χ1v) is 8.93. The van der Waals surface area contributed by atoms with E-state index in [1.165, 1.54) is 0 Å². The minimum Gasteiger partial charge on any atom is -0.312 e. The second-order valence-corrected chi connectivity index (χ2v) is 7.59. The molecule has 5 nitrogen and oxygen atoms in total. The molecule has 1 aromatic carbocycles. The number of nitrogens with one attached hydrogen (secondary N) is 1. The molecule has 1 amide bonds. The van der Waals surface area contributed by atoms with Crippen LogP contribution < -0.4 is 9.62 Å². The summed E-state index contributed by atoms with van der Waals surface area (Å²) in [6.45, 7) is 4.46. The van der Waals surface area contributed by atoms with Gasteiger partial charge >= 0.3 is 0 Å². The van der Waals surface area contributed by atoms with Crippen LogP contribution in [0.5, 0.6) is 0 Å². The van der Waals surface area contributed by atoms with Gasteiger partial charge in [-0.2, -0.15) is 0 Å². The summed E-state index contributed by atoms with van der Waals surface area (Å²) in [4.78, 5) is 13.6. The molecule has 1 aliphatic heterocycles. The van der Waals surface area contributed by atoms with Gasteiger partial charge in [-0.05, 0) is 43.0 Å². The summed E-state index contributed by atoms with van der Waals surface area (Å²) < 4.78 is 26.3. The van der Waals surface area contributed by atoms with E-state index in [-0.39, 0.29) is 17.6 Å². The van der Waals surface area contributed by atoms with E-state index in [1.54, 1.807) is 29.2 Å². The van der Waals surface area contributed by atoms with Crippen LogP contribution >= 0.6 is 0 Å². The lowest BCUT2D eigenvalue weighted by Crippen LogP contribution is -2.35. The maximum absolute atomic E-state index is 11.9. The summed E-state index contributed by atoms with van der Waals surface area (Å²) in [6, 6.07) is 6.98. The molecule has 1 aromatic rings. The van der Waals surface area contributed by atoms with Crippen LogP contribution in [-0.2, 0) is 14.8 Å². The maximum atomic E-state index is 11.9. The second-order valence-electron chi connectivity index (χ2n) is 5.83. The summed E-state index contributed by atoms with van der Waals surface area (Å²) in [5, 5.41) is 0. The zero-order valence-corrected chi connectivity index (χ0v) is 13.3. The summed E-state index contributed by atoms with van der Waals surface area (Å²) in [5.74, 6) is 0.307. The first-order valence-electron chi connectivity index (χ1n) is 7.28. The third-order valence-electron chi connectivity index (χ3n) is 3.33. The highest BCUT2D eigenvalue weighted by atomic mass is 32.2. The molecule has 1 aliphatic rings. The fourth-order valence-corrected chi connectivity index (χ4v) is 3.90. The summed E-state index contributed by atoms with van der Waals surface area (Å²) in [7, 11) is -3.31. The molecule has 0 unspecified atom stereocenters. The standard InChI is InChI=1S/C15H22N2O3S/c1-12(2)11-21(19,20)16-13-6-8-14(9-7-13)17-10-4-3-5-15(17)18/h6-9,12,16H,3-5,10-11H2,1-2H3. The highest BCUT2D eigenvalue weighted by Crippen LogP contribution is 2.23. The van der Waals surface area contributed by atoms with Crippen molar-refractivity contribution in [1.82, 2.24) is 0 Å². The van der Waals surface area contributed by atoms with Crippen LogP contribution in [0.1, 0.15) is 33.1 Å². The van der Waals surface area contributed by atoms with E-state index in [0.29, 0.717) is 12.1 Å². The SMILES string of the molecule is CC(C)CS(=O)(=O)Nc1ccc(N2CCCCC2=O)cc1. The number of benzene rings is 1. The van der Waals surface area contributed by atoms with Crippen molar-refractivity contribution in [1.29, 1.82) is 0 Å². The Balaban J connectivity index is 2.07. The Morgan fingerprint density at radius 2 is 1.86 bits per heavy atom. The monoisotopic (exact) mass is 310 g/mol. The second kappa shape index (κ2) is 6.47.